The number of terminal acetylenes is 1. The van der Waals surface area contributed by atoms with E-state index in [1.807, 2.05) is 0 Å². The Kier molecular flexibility index (Phi) is 3.15. The van der Waals surface area contributed by atoms with E-state index in [1.165, 1.54) is 10.4 Å². The van der Waals surface area contributed by atoms with Crippen molar-refractivity contribution < 1.29 is 0 Å². The third kappa shape index (κ3) is 2.75. The highest BCUT2D eigenvalue weighted by Crippen LogP contribution is 2.12. The van der Waals surface area contributed by atoms with Gasteiger partial charge in [-0.15, -0.1) is 17.8 Å². The van der Waals surface area contributed by atoms with E-state index in [9.17, 15) is 0 Å². The van der Waals surface area contributed by atoms with Crippen molar-refractivity contribution in [2.45, 2.75) is 13.5 Å². The lowest BCUT2D eigenvalue weighted by atomic mass is 10.3. The standard InChI is InChI=1S/C9H11NS/c1-3-4-10-6-9-5-8(2)7-11-9/h1,5,7,10H,4,6H2,2H3. The van der Waals surface area contributed by atoms with E-state index in [4.69, 9.17) is 6.42 Å². The minimum Gasteiger partial charge on any atom is -0.301 e. The van der Waals surface area contributed by atoms with Crippen LogP contribution in [0.1, 0.15) is 10.4 Å². The molecule has 1 aromatic heterocycles. The number of rotatable bonds is 3. The number of aryl methyl sites for hydroxylation is 1. The third-order valence-corrected chi connectivity index (χ3v) is 2.37. The van der Waals surface area contributed by atoms with Gasteiger partial charge in [0.2, 0.25) is 0 Å². The summed E-state index contributed by atoms with van der Waals surface area (Å²) in [6.45, 7) is 3.64. The van der Waals surface area contributed by atoms with Gasteiger partial charge in [-0.05, 0) is 23.9 Å². The summed E-state index contributed by atoms with van der Waals surface area (Å²) in [5.74, 6) is 2.54. The monoisotopic (exact) mass is 165 g/mol. The van der Waals surface area contributed by atoms with Crippen LogP contribution in [0.15, 0.2) is 11.4 Å². The van der Waals surface area contributed by atoms with Crippen LogP contribution in [-0.4, -0.2) is 6.54 Å². The molecule has 11 heavy (non-hydrogen) atoms. The maximum atomic E-state index is 5.09. The molecule has 0 aromatic carbocycles. The molecule has 0 saturated carbocycles. The first kappa shape index (κ1) is 8.32. The van der Waals surface area contributed by atoms with Crippen LogP contribution in [0.25, 0.3) is 0 Å². The zero-order valence-corrected chi connectivity index (χ0v) is 7.37. The predicted octanol–water partition coefficient (Wildman–Crippen LogP) is 1.78. The fourth-order valence-electron chi connectivity index (χ4n) is 0.841. The fraction of sp³-hybridized carbons (Fsp3) is 0.333. The van der Waals surface area contributed by atoms with Crippen molar-refractivity contribution in [3.05, 3.63) is 21.9 Å². The zero-order valence-electron chi connectivity index (χ0n) is 6.55. The SMILES string of the molecule is C#CCNCc1cc(C)cs1. The summed E-state index contributed by atoms with van der Waals surface area (Å²) >= 11 is 1.77. The maximum Gasteiger partial charge on any atom is 0.0576 e. The van der Waals surface area contributed by atoms with Crippen LogP contribution in [0, 0.1) is 19.3 Å². The molecule has 0 unspecified atom stereocenters. The number of thiophene rings is 1. The average Bonchev–Trinajstić information content (AvgIpc) is 2.37. The van der Waals surface area contributed by atoms with Crippen molar-refractivity contribution >= 4 is 11.3 Å². The molecule has 0 spiro atoms. The van der Waals surface area contributed by atoms with Gasteiger partial charge >= 0.3 is 0 Å². The van der Waals surface area contributed by atoms with Gasteiger partial charge in [0.05, 0.1) is 6.54 Å². The number of hydrogen-bond donors (Lipinski definition) is 1. The van der Waals surface area contributed by atoms with E-state index in [1.54, 1.807) is 11.3 Å². The lowest BCUT2D eigenvalue weighted by Crippen LogP contribution is -2.11. The normalized spacial score (nSPS) is 9.45. The van der Waals surface area contributed by atoms with Crippen molar-refractivity contribution in [2.75, 3.05) is 6.54 Å². The zero-order chi connectivity index (χ0) is 8.10. The van der Waals surface area contributed by atoms with Crippen LogP contribution in [0.2, 0.25) is 0 Å². The van der Waals surface area contributed by atoms with Gasteiger partial charge in [0.1, 0.15) is 0 Å². The van der Waals surface area contributed by atoms with Crippen molar-refractivity contribution in [1.29, 1.82) is 0 Å². The average molecular weight is 165 g/mol. The Labute approximate surface area is 71.4 Å². The number of nitrogens with one attached hydrogen (secondary N) is 1. The molecule has 0 saturated heterocycles. The Morgan fingerprint density at radius 3 is 3.09 bits per heavy atom. The molecule has 0 aliphatic heterocycles. The summed E-state index contributed by atoms with van der Waals surface area (Å²) in [5.41, 5.74) is 1.33. The van der Waals surface area contributed by atoms with Crippen LogP contribution in [0.4, 0.5) is 0 Å². The fourth-order valence-corrected chi connectivity index (χ4v) is 1.69. The van der Waals surface area contributed by atoms with Gasteiger partial charge in [0.15, 0.2) is 0 Å². The summed E-state index contributed by atoms with van der Waals surface area (Å²) in [6.07, 6.45) is 5.09. The highest BCUT2D eigenvalue weighted by Gasteiger charge is 1.93. The van der Waals surface area contributed by atoms with E-state index in [-0.39, 0.29) is 0 Å². The second-order valence-electron chi connectivity index (χ2n) is 2.40. The van der Waals surface area contributed by atoms with Gasteiger partial charge in [-0.2, -0.15) is 0 Å². The molecular weight excluding hydrogens is 154 g/mol. The first-order valence-corrected chi connectivity index (χ1v) is 4.39. The van der Waals surface area contributed by atoms with Gasteiger partial charge in [0.25, 0.3) is 0 Å². The first-order valence-electron chi connectivity index (χ1n) is 3.51. The summed E-state index contributed by atoms with van der Waals surface area (Å²) in [5, 5.41) is 5.28. The van der Waals surface area contributed by atoms with Crippen LogP contribution < -0.4 is 5.32 Å². The van der Waals surface area contributed by atoms with Gasteiger partial charge in [-0.1, -0.05) is 5.92 Å². The Hall–Kier alpha value is -0.780. The maximum absolute atomic E-state index is 5.09. The van der Waals surface area contributed by atoms with Crippen molar-refractivity contribution in [2.24, 2.45) is 0 Å². The van der Waals surface area contributed by atoms with Crippen molar-refractivity contribution in [3.63, 3.8) is 0 Å². The summed E-state index contributed by atoms with van der Waals surface area (Å²) in [6, 6.07) is 2.17. The molecule has 0 amide bonds. The van der Waals surface area contributed by atoms with Crippen molar-refractivity contribution in [3.8, 4) is 12.3 Å². The Morgan fingerprint density at radius 2 is 2.55 bits per heavy atom. The second-order valence-corrected chi connectivity index (χ2v) is 3.39. The van der Waals surface area contributed by atoms with Crippen LogP contribution in [0.5, 0.6) is 0 Å². The van der Waals surface area contributed by atoms with Gasteiger partial charge in [-0.3, -0.25) is 0 Å². The van der Waals surface area contributed by atoms with Crippen LogP contribution in [0.3, 0.4) is 0 Å². The van der Waals surface area contributed by atoms with Gasteiger partial charge < -0.3 is 5.32 Å². The summed E-state index contributed by atoms with van der Waals surface area (Å²) in [4.78, 5) is 1.35. The van der Waals surface area contributed by atoms with E-state index in [0.717, 1.165) is 6.54 Å². The Bertz CT molecular complexity index is 257. The molecule has 1 aromatic rings. The third-order valence-electron chi connectivity index (χ3n) is 1.31. The molecule has 0 aliphatic rings. The smallest absolute Gasteiger partial charge is 0.0576 e. The quantitative estimate of drug-likeness (QED) is 0.532. The predicted molar refractivity (Wildman–Crippen MR) is 49.6 cm³/mol. The van der Waals surface area contributed by atoms with Crippen LogP contribution in [-0.2, 0) is 6.54 Å². The molecule has 0 fully saturated rings. The summed E-state index contributed by atoms with van der Waals surface area (Å²) in [7, 11) is 0. The van der Waals surface area contributed by atoms with E-state index in [2.05, 4.69) is 29.6 Å². The number of hydrogen-bond acceptors (Lipinski definition) is 2. The van der Waals surface area contributed by atoms with Gasteiger partial charge in [0, 0.05) is 11.4 Å². The second kappa shape index (κ2) is 4.17. The molecule has 1 rings (SSSR count). The van der Waals surface area contributed by atoms with Crippen molar-refractivity contribution in [1.82, 2.24) is 5.32 Å². The highest BCUT2D eigenvalue weighted by atomic mass is 32.1. The lowest BCUT2D eigenvalue weighted by Gasteiger charge is -1.94. The molecule has 0 bridgehead atoms. The molecule has 0 radical (unpaired) electrons. The van der Waals surface area contributed by atoms with E-state index < -0.39 is 0 Å². The topological polar surface area (TPSA) is 12.0 Å². The van der Waals surface area contributed by atoms with E-state index >= 15 is 0 Å². The Balaban J connectivity index is 2.34. The first-order chi connectivity index (χ1) is 5.33. The van der Waals surface area contributed by atoms with E-state index in [0.29, 0.717) is 6.54 Å². The molecule has 2 heteroatoms. The van der Waals surface area contributed by atoms with Gasteiger partial charge in [-0.25, -0.2) is 0 Å². The lowest BCUT2D eigenvalue weighted by molar-refractivity contribution is 0.781. The molecule has 58 valence electrons. The Morgan fingerprint density at radius 1 is 1.73 bits per heavy atom. The highest BCUT2D eigenvalue weighted by molar-refractivity contribution is 7.10. The molecule has 1 nitrogen and oxygen atoms in total. The molecule has 0 aliphatic carbocycles. The minimum atomic E-state index is 0.650. The van der Waals surface area contributed by atoms with Crippen LogP contribution >= 0.6 is 11.3 Å². The molecule has 1 heterocycles. The molecule has 0 atom stereocenters. The minimum absolute atomic E-state index is 0.650. The molecule has 1 N–H and O–H groups in total. The summed E-state index contributed by atoms with van der Waals surface area (Å²) < 4.78 is 0. The molecular formula is C9H11NS. The largest absolute Gasteiger partial charge is 0.301 e.